The Bertz CT molecular complexity index is 394. The van der Waals surface area contributed by atoms with E-state index in [2.05, 4.69) is 5.32 Å². The number of nitrogens with one attached hydrogen (secondary N) is 1. The Morgan fingerprint density at radius 1 is 1.21 bits per heavy atom. The summed E-state index contributed by atoms with van der Waals surface area (Å²) in [4.78, 5) is 11.6. The molecule has 0 heterocycles. The number of hydrogen-bond acceptors (Lipinski definition) is 3. The first kappa shape index (κ1) is 13.9. The molecule has 3 nitrogen and oxygen atoms in total. The van der Waals surface area contributed by atoms with Crippen LogP contribution in [0.5, 0.6) is 0 Å². The number of rotatable bonds is 5. The third kappa shape index (κ3) is 4.93. The van der Waals surface area contributed by atoms with Crippen molar-refractivity contribution in [2.75, 3.05) is 18.5 Å². The second-order valence-corrected chi connectivity index (χ2v) is 5.41. The first-order chi connectivity index (χ1) is 9.24. The summed E-state index contributed by atoms with van der Waals surface area (Å²) < 4.78 is 5.33. The van der Waals surface area contributed by atoms with Crippen LogP contribution in [-0.4, -0.2) is 19.1 Å². The van der Waals surface area contributed by atoms with Crippen LogP contribution in [0, 0.1) is 12.8 Å². The van der Waals surface area contributed by atoms with Crippen LogP contribution in [0.3, 0.4) is 0 Å². The van der Waals surface area contributed by atoms with Crippen LogP contribution in [0.1, 0.15) is 37.7 Å². The van der Waals surface area contributed by atoms with Gasteiger partial charge in [-0.2, -0.15) is 0 Å². The minimum atomic E-state index is -0.161. The fourth-order valence-electron chi connectivity index (χ4n) is 2.46. The van der Waals surface area contributed by atoms with Crippen LogP contribution >= 0.6 is 0 Å². The number of carbonyl (C=O) groups is 1. The van der Waals surface area contributed by atoms with E-state index < -0.39 is 0 Å². The third-order valence-electron chi connectivity index (χ3n) is 3.69. The van der Waals surface area contributed by atoms with Gasteiger partial charge in [-0.05, 0) is 37.8 Å². The second kappa shape index (κ2) is 7.17. The van der Waals surface area contributed by atoms with E-state index in [1.165, 1.54) is 37.7 Å². The summed E-state index contributed by atoms with van der Waals surface area (Å²) in [6.45, 7) is 2.88. The standard InChI is InChI=1S/C16H23NO2/c1-13-7-9-15(10-8-13)17-11-16(18)19-12-14-5-3-2-4-6-14/h7-10,14,17H,2-6,11-12H2,1H3. The maximum atomic E-state index is 11.6. The predicted molar refractivity (Wildman–Crippen MR) is 77.2 cm³/mol. The minimum Gasteiger partial charge on any atom is -0.464 e. The molecular formula is C16H23NO2. The summed E-state index contributed by atoms with van der Waals surface area (Å²) >= 11 is 0. The summed E-state index contributed by atoms with van der Waals surface area (Å²) in [7, 11) is 0. The van der Waals surface area contributed by atoms with Gasteiger partial charge >= 0.3 is 5.97 Å². The van der Waals surface area contributed by atoms with E-state index in [4.69, 9.17) is 4.74 Å². The topological polar surface area (TPSA) is 38.3 Å². The van der Waals surface area contributed by atoms with Gasteiger partial charge in [-0.3, -0.25) is 4.79 Å². The number of benzene rings is 1. The fraction of sp³-hybridized carbons (Fsp3) is 0.562. The molecule has 0 radical (unpaired) electrons. The largest absolute Gasteiger partial charge is 0.464 e. The van der Waals surface area contributed by atoms with E-state index in [0.717, 1.165) is 5.69 Å². The molecule has 2 rings (SSSR count). The van der Waals surface area contributed by atoms with Gasteiger partial charge in [0.15, 0.2) is 0 Å². The van der Waals surface area contributed by atoms with Crippen molar-refractivity contribution in [1.82, 2.24) is 0 Å². The van der Waals surface area contributed by atoms with Crippen LogP contribution in [0.15, 0.2) is 24.3 Å². The highest BCUT2D eigenvalue weighted by molar-refractivity contribution is 5.74. The number of ether oxygens (including phenoxy) is 1. The van der Waals surface area contributed by atoms with Crippen molar-refractivity contribution in [2.24, 2.45) is 5.92 Å². The quantitative estimate of drug-likeness (QED) is 0.824. The van der Waals surface area contributed by atoms with Crippen LogP contribution < -0.4 is 5.32 Å². The lowest BCUT2D eigenvalue weighted by molar-refractivity contribution is -0.143. The van der Waals surface area contributed by atoms with E-state index in [9.17, 15) is 4.79 Å². The van der Waals surface area contributed by atoms with Crippen molar-refractivity contribution < 1.29 is 9.53 Å². The average Bonchev–Trinajstić information content (AvgIpc) is 2.45. The van der Waals surface area contributed by atoms with E-state index in [1.807, 2.05) is 31.2 Å². The number of carbonyl (C=O) groups excluding carboxylic acids is 1. The SMILES string of the molecule is Cc1ccc(NCC(=O)OCC2CCCCC2)cc1. The maximum absolute atomic E-state index is 11.6. The zero-order chi connectivity index (χ0) is 13.5. The summed E-state index contributed by atoms with van der Waals surface area (Å²) in [6.07, 6.45) is 6.31. The summed E-state index contributed by atoms with van der Waals surface area (Å²) in [5.74, 6) is 0.420. The molecule has 0 atom stereocenters. The van der Waals surface area contributed by atoms with E-state index in [1.54, 1.807) is 0 Å². The van der Waals surface area contributed by atoms with Gasteiger partial charge in [0.2, 0.25) is 0 Å². The van der Waals surface area contributed by atoms with Crippen molar-refractivity contribution in [3.8, 4) is 0 Å². The molecule has 1 aliphatic carbocycles. The molecule has 19 heavy (non-hydrogen) atoms. The van der Waals surface area contributed by atoms with E-state index in [0.29, 0.717) is 12.5 Å². The van der Waals surface area contributed by atoms with Crippen molar-refractivity contribution in [3.05, 3.63) is 29.8 Å². The molecule has 1 saturated carbocycles. The highest BCUT2D eigenvalue weighted by Crippen LogP contribution is 2.23. The Hall–Kier alpha value is -1.51. The zero-order valence-electron chi connectivity index (χ0n) is 11.7. The molecule has 1 aromatic rings. The van der Waals surface area contributed by atoms with Crippen molar-refractivity contribution in [1.29, 1.82) is 0 Å². The molecule has 0 spiro atoms. The minimum absolute atomic E-state index is 0.161. The lowest BCUT2D eigenvalue weighted by Crippen LogP contribution is -2.21. The number of esters is 1. The van der Waals surface area contributed by atoms with Gasteiger partial charge in [0.1, 0.15) is 6.54 Å². The summed E-state index contributed by atoms with van der Waals surface area (Å²) in [5.41, 5.74) is 2.17. The maximum Gasteiger partial charge on any atom is 0.325 e. The van der Waals surface area contributed by atoms with Gasteiger partial charge in [-0.15, -0.1) is 0 Å². The molecule has 1 aliphatic rings. The fourth-order valence-corrected chi connectivity index (χ4v) is 2.46. The second-order valence-electron chi connectivity index (χ2n) is 5.41. The molecule has 0 unspecified atom stereocenters. The highest BCUT2D eigenvalue weighted by Gasteiger charge is 2.15. The molecule has 1 fully saturated rings. The first-order valence-electron chi connectivity index (χ1n) is 7.20. The van der Waals surface area contributed by atoms with Gasteiger partial charge in [-0.1, -0.05) is 37.0 Å². The Labute approximate surface area is 115 Å². The Morgan fingerprint density at radius 2 is 1.89 bits per heavy atom. The molecule has 0 bridgehead atoms. The van der Waals surface area contributed by atoms with Crippen LogP contribution in [0.2, 0.25) is 0 Å². The summed E-state index contributed by atoms with van der Waals surface area (Å²) in [5, 5.41) is 3.08. The average molecular weight is 261 g/mol. The van der Waals surface area contributed by atoms with Gasteiger partial charge < -0.3 is 10.1 Å². The molecule has 3 heteroatoms. The van der Waals surface area contributed by atoms with Gasteiger partial charge in [0.05, 0.1) is 6.61 Å². The van der Waals surface area contributed by atoms with Crippen molar-refractivity contribution in [3.63, 3.8) is 0 Å². The Balaban J connectivity index is 1.65. The molecule has 104 valence electrons. The molecular weight excluding hydrogens is 238 g/mol. The first-order valence-corrected chi connectivity index (χ1v) is 7.20. The van der Waals surface area contributed by atoms with Gasteiger partial charge in [-0.25, -0.2) is 0 Å². The molecule has 0 aliphatic heterocycles. The number of anilines is 1. The van der Waals surface area contributed by atoms with E-state index >= 15 is 0 Å². The molecule has 0 amide bonds. The van der Waals surface area contributed by atoms with Gasteiger partial charge in [0, 0.05) is 5.69 Å². The molecule has 1 aromatic carbocycles. The lowest BCUT2D eigenvalue weighted by atomic mass is 9.90. The highest BCUT2D eigenvalue weighted by atomic mass is 16.5. The zero-order valence-corrected chi connectivity index (χ0v) is 11.7. The number of hydrogen-bond donors (Lipinski definition) is 1. The molecule has 0 aromatic heterocycles. The van der Waals surface area contributed by atoms with Crippen LogP contribution in [-0.2, 0) is 9.53 Å². The van der Waals surface area contributed by atoms with Crippen molar-refractivity contribution in [2.45, 2.75) is 39.0 Å². The lowest BCUT2D eigenvalue weighted by Gasteiger charge is -2.21. The molecule has 1 N–H and O–H groups in total. The van der Waals surface area contributed by atoms with Gasteiger partial charge in [0.25, 0.3) is 0 Å². The Morgan fingerprint density at radius 3 is 2.58 bits per heavy atom. The Kier molecular flexibility index (Phi) is 5.25. The van der Waals surface area contributed by atoms with E-state index in [-0.39, 0.29) is 12.5 Å². The number of aryl methyl sites for hydroxylation is 1. The normalized spacial score (nSPS) is 16.1. The monoisotopic (exact) mass is 261 g/mol. The summed E-state index contributed by atoms with van der Waals surface area (Å²) in [6, 6.07) is 8.00. The van der Waals surface area contributed by atoms with Crippen LogP contribution in [0.25, 0.3) is 0 Å². The third-order valence-corrected chi connectivity index (χ3v) is 3.69. The predicted octanol–water partition coefficient (Wildman–Crippen LogP) is 3.53. The van der Waals surface area contributed by atoms with Crippen LogP contribution in [0.4, 0.5) is 5.69 Å². The van der Waals surface area contributed by atoms with Crippen molar-refractivity contribution >= 4 is 11.7 Å². The molecule has 0 saturated heterocycles. The smallest absolute Gasteiger partial charge is 0.325 e.